The van der Waals surface area contributed by atoms with Crippen LogP contribution in [0.25, 0.3) is 0 Å². The maximum Gasteiger partial charge on any atom is 0.352 e. The highest BCUT2D eigenvalue weighted by molar-refractivity contribution is 8.00. The maximum absolute atomic E-state index is 11.8. The summed E-state index contributed by atoms with van der Waals surface area (Å²) >= 11 is 1.42. The van der Waals surface area contributed by atoms with Crippen LogP contribution in [0.15, 0.2) is 29.7 Å². The molecule has 8 heteroatoms. The van der Waals surface area contributed by atoms with Gasteiger partial charge in [-0.15, -0.1) is 11.8 Å². The van der Waals surface area contributed by atoms with Gasteiger partial charge in [-0.25, -0.2) is 9.36 Å². The molecular formula is C15H18N3O4S+. The van der Waals surface area contributed by atoms with Crippen molar-refractivity contribution >= 4 is 23.6 Å². The summed E-state index contributed by atoms with van der Waals surface area (Å²) in [7, 11) is 1.60. The van der Waals surface area contributed by atoms with Crippen molar-refractivity contribution in [2.75, 3.05) is 7.11 Å². The number of thioether (sulfide) groups is 1. The third kappa shape index (κ3) is 2.68. The molecule has 3 rings (SSSR count). The first-order chi connectivity index (χ1) is 10.9. The lowest BCUT2D eigenvalue weighted by molar-refractivity contribution is -0.689. The number of β-lactam (4-membered cyclic amide) rings is 1. The van der Waals surface area contributed by atoms with E-state index in [1.165, 1.54) is 16.7 Å². The number of ether oxygens (including phenoxy) is 1. The smallest absolute Gasteiger partial charge is 0.352 e. The number of rotatable bonds is 4. The number of hydrogen-bond acceptors (Lipinski definition) is 5. The van der Waals surface area contributed by atoms with E-state index in [0.717, 1.165) is 11.3 Å². The minimum Gasteiger partial charge on any atom is -0.496 e. The van der Waals surface area contributed by atoms with E-state index < -0.39 is 11.3 Å². The molecule has 3 heterocycles. The molecule has 0 spiro atoms. The van der Waals surface area contributed by atoms with E-state index in [-0.39, 0.29) is 17.0 Å². The Bertz CT molecular complexity index is 719. The molecule has 2 unspecified atom stereocenters. The largest absolute Gasteiger partial charge is 0.496 e. The van der Waals surface area contributed by atoms with Crippen LogP contribution in [-0.2, 0) is 16.1 Å². The van der Waals surface area contributed by atoms with Gasteiger partial charge in [0.15, 0.2) is 18.9 Å². The van der Waals surface area contributed by atoms with E-state index in [1.54, 1.807) is 13.3 Å². The number of carbonyl (C=O) groups excluding carboxylic acids is 1. The van der Waals surface area contributed by atoms with Crippen LogP contribution in [0.1, 0.15) is 12.0 Å². The Hall–Kier alpha value is -2.06. The second-order valence-electron chi connectivity index (χ2n) is 5.53. The minimum absolute atomic E-state index is 0.0264. The van der Waals surface area contributed by atoms with E-state index in [0.29, 0.717) is 18.5 Å². The van der Waals surface area contributed by atoms with Gasteiger partial charge in [0.1, 0.15) is 11.4 Å². The van der Waals surface area contributed by atoms with Crippen molar-refractivity contribution in [1.82, 2.24) is 4.90 Å². The fourth-order valence-electron chi connectivity index (χ4n) is 2.89. The molecule has 0 bridgehead atoms. The summed E-state index contributed by atoms with van der Waals surface area (Å²) in [6, 6.07) is 1.81. The predicted molar refractivity (Wildman–Crippen MR) is 83.4 cm³/mol. The number of nitrogens with two attached hydrogens (primary N) is 1. The molecule has 0 saturated carbocycles. The molecule has 3 N–H and O–H groups in total. The van der Waals surface area contributed by atoms with E-state index in [4.69, 9.17) is 10.5 Å². The maximum atomic E-state index is 11.8. The first-order valence-corrected chi connectivity index (χ1v) is 8.09. The molecule has 0 radical (unpaired) electrons. The van der Waals surface area contributed by atoms with Gasteiger partial charge in [0, 0.05) is 6.07 Å². The van der Waals surface area contributed by atoms with Crippen LogP contribution in [-0.4, -0.2) is 39.7 Å². The number of fused-ring (bicyclic) bond motifs is 1. The molecule has 2 aliphatic rings. The molecule has 0 aliphatic carbocycles. The zero-order valence-corrected chi connectivity index (χ0v) is 13.7. The summed E-state index contributed by atoms with van der Waals surface area (Å²) < 4.78 is 7.07. The quantitative estimate of drug-likeness (QED) is 0.603. The molecule has 122 valence electrons. The Kier molecular flexibility index (Phi) is 4.03. The molecule has 23 heavy (non-hydrogen) atoms. The van der Waals surface area contributed by atoms with Crippen LogP contribution >= 0.6 is 11.8 Å². The lowest BCUT2D eigenvalue weighted by Gasteiger charge is -2.45. The first-order valence-electron chi connectivity index (χ1n) is 7.15. The van der Waals surface area contributed by atoms with Gasteiger partial charge in [0.05, 0.1) is 35.4 Å². The van der Waals surface area contributed by atoms with Crippen molar-refractivity contribution in [3.8, 4) is 5.75 Å². The number of carboxylic acids is 1. The van der Waals surface area contributed by atoms with Gasteiger partial charge in [-0.05, 0) is 6.92 Å². The van der Waals surface area contributed by atoms with Gasteiger partial charge in [-0.2, -0.15) is 0 Å². The van der Waals surface area contributed by atoms with Crippen molar-refractivity contribution < 1.29 is 24.0 Å². The summed E-state index contributed by atoms with van der Waals surface area (Å²) in [5, 5.41) is 8.94. The zero-order valence-electron chi connectivity index (χ0n) is 12.9. The first kappa shape index (κ1) is 15.8. The third-order valence-electron chi connectivity index (χ3n) is 4.04. The van der Waals surface area contributed by atoms with Crippen molar-refractivity contribution in [1.29, 1.82) is 0 Å². The number of aromatic nitrogens is 1. The third-order valence-corrected chi connectivity index (χ3v) is 5.31. The monoisotopic (exact) mass is 336 g/mol. The molecule has 1 saturated heterocycles. The number of hydrogen-bond donors (Lipinski definition) is 2. The van der Waals surface area contributed by atoms with Gasteiger partial charge < -0.3 is 15.6 Å². The average molecular weight is 336 g/mol. The van der Waals surface area contributed by atoms with Crippen molar-refractivity contribution in [3.63, 3.8) is 0 Å². The normalized spacial score (nSPS) is 23.4. The van der Waals surface area contributed by atoms with E-state index >= 15 is 0 Å². The number of amides is 1. The van der Waals surface area contributed by atoms with Gasteiger partial charge in [-0.3, -0.25) is 9.69 Å². The number of pyridine rings is 1. The lowest BCUT2D eigenvalue weighted by atomic mass is 10.1. The fraction of sp³-hybridized carbons (Fsp3) is 0.400. The standard InChI is InChI=1S/C15H17N3O4S/c1-8-6-17(4-3-10(8)22-2)7-9-13(15(20)21)18-11(19)5-12(18)23-14(9)16/h3-4,6,12,14H,5,7,16H2,1-2H3/p+1. The van der Waals surface area contributed by atoms with Crippen LogP contribution in [0.2, 0.25) is 0 Å². The summed E-state index contributed by atoms with van der Waals surface area (Å²) in [6.45, 7) is 2.23. The summed E-state index contributed by atoms with van der Waals surface area (Å²) in [5.41, 5.74) is 7.65. The van der Waals surface area contributed by atoms with E-state index in [1.807, 2.05) is 23.8 Å². The van der Waals surface area contributed by atoms with Crippen LogP contribution < -0.4 is 15.0 Å². The molecule has 0 aromatic carbocycles. The second-order valence-corrected chi connectivity index (χ2v) is 6.85. The molecule has 1 aromatic rings. The summed E-state index contributed by atoms with van der Waals surface area (Å²) in [5.74, 6) is -0.520. The molecule has 7 nitrogen and oxygen atoms in total. The van der Waals surface area contributed by atoms with Crippen molar-refractivity contribution in [3.05, 3.63) is 35.3 Å². The number of carbonyl (C=O) groups is 2. The highest BCUT2D eigenvalue weighted by Gasteiger charge is 2.48. The van der Waals surface area contributed by atoms with Gasteiger partial charge in [0.25, 0.3) is 0 Å². The minimum atomic E-state index is -1.11. The number of carboxylic acid groups (broad SMARTS) is 1. The summed E-state index contributed by atoms with van der Waals surface area (Å²) in [4.78, 5) is 24.8. The Morgan fingerprint density at radius 3 is 2.91 bits per heavy atom. The predicted octanol–water partition coefficient (Wildman–Crippen LogP) is 0.220. The fourth-order valence-corrected chi connectivity index (χ4v) is 4.16. The van der Waals surface area contributed by atoms with Crippen molar-refractivity contribution in [2.45, 2.75) is 30.6 Å². The van der Waals surface area contributed by atoms with Gasteiger partial charge in [0.2, 0.25) is 5.91 Å². The Morgan fingerprint density at radius 2 is 2.35 bits per heavy atom. The summed E-state index contributed by atoms with van der Waals surface area (Å²) in [6.07, 6.45) is 4.02. The van der Waals surface area contributed by atoms with Crippen LogP contribution in [0, 0.1) is 6.92 Å². The van der Waals surface area contributed by atoms with Crippen LogP contribution in [0.5, 0.6) is 5.75 Å². The van der Waals surface area contributed by atoms with Crippen LogP contribution in [0.4, 0.5) is 0 Å². The van der Waals surface area contributed by atoms with Gasteiger partial charge >= 0.3 is 5.97 Å². The lowest BCUT2D eigenvalue weighted by Crippen LogP contribution is -2.57. The molecule has 1 amide bonds. The molecular weight excluding hydrogens is 318 g/mol. The average Bonchev–Trinajstić information content (AvgIpc) is 2.49. The topological polar surface area (TPSA) is 96.7 Å². The van der Waals surface area contributed by atoms with E-state index in [9.17, 15) is 14.7 Å². The second kappa shape index (κ2) is 5.86. The van der Waals surface area contributed by atoms with Crippen molar-refractivity contribution in [2.24, 2.45) is 5.73 Å². The Labute approximate surface area is 137 Å². The highest BCUT2D eigenvalue weighted by atomic mass is 32.2. The molecule has 1 fully saturated rings. The van der Waals surface area contributed by atoms with Crippen LogP contribution in [0.3, 0.4) is 0 Å². The zero-order chi connectivity index (χ0) is 16.7. The van der Waals surface area contributed by atoms with E-state index in [2.05, 4.69) is 0 Å². The molecule has 2 aliphatic heterocycles. The SMILES string of the molecule is COc1cc[n+](CC2=C(C(=O)O)N3C(=O)CC3SC2N)cc1C. The Balaban J connectivity index is 1.97. The highest BCUT2D eigenvalue weighted by Crippen LogP contribution is 2.42. The number of methoxy groups -OCH3 is 1. The Morgan fingerprint density at radius 1 is 1.61 bits per heavy atom. The molecule has 1 aromatic heterocycles. The van der Waals surface area contributed by atoms with Gasteiger partial charge in [-0.1, -0.05) is 0 Å². The number of aliphatic carboxylic acids is 1. The number of aryl methyl sites for hydroxylation is 1. The number of nitrogens with zero attached hydrogens (tertiary/aromatic N) is 2. The molecule has 2 atom stereocenters.